The lowest BCUT2D eigenvalue weighted by molar-refractivity contribution is -0.385. The molecule has 20 heavy (non-hydrogen) atoms. The van der Waals surface area contributed by atoms with E-state index in [1.54, 1.807) is 0 Å². The number of carbonyl (C=O) groups is 1. The SMILES string of the molecule is CCOC(=O)c1cc(C#N)c(OC(F)F)cc1[N+](=O)[O-]. The minimum absolute atomic E-state index is 0.0346. The number of alkyl halides is 2. The molecule has 0 unspecified atom stereocenters. The van der Waals surface area contributed by atoms with Gasteiger partial charge in [-0.25, -0.2) is 4.79 Å². The largest absolute Gasteiger partial charge is 0.462 e. The van der Waals surface area contributed by atoms with Gasteiger partial charge in [-0.05, 0) is 13.0 Å². The number of esters is 1. The van der Waals surface area contributed by atoms with Crippen molar-refractivity contribution in [2.75, 3.05) is 6.61 Å². The van der Waals surface area contributed by atoms with Crippen LogP contribution in [-0.2, 0) is 4.74 Å². The van der Waals surface area contributed by atoms with Gasteiger partial charge < -0.3 is 9.47 Å². The first kappa shape index (κ1) is 15.3. The van der Waals surface area contributed by atoms with E-state index in [4.69, 9.17) is 5.26 Å². The zero-order chi connectivity index (χ0) is 15.3. The van der Waals surface area contributed by atoms with Crippen molar-refractivity contribution < 1.29 is 28.0 Å². The van der Waals surface area contributed by atoms with Crippen LogP contribution in [0.5, 0.6) is 5.75 Å². The number of carbonyl (C=O) groups excluding carboxylic acids is 1. The summed E-state index contributed by atoms with van der Waals surface area (Å²) in [6, 6.07) is 2.90. The van der Waals surface area contributed by atoms with Crippen molar-refractivity contribution in [2.24, 2.45) is 0 Å². The molecular formula is C11H8F2N2O5. The molecule has 0 aromatic heterocycles. The number of nitriles is 1. The molecule has 9 heteroatoms. The van der Waals surface area contributed by atoms with Gasteiger partial charge in [0.2, 0.25) is 0 Å². The third-order valence-corrected chi connectivity index (χ3v) is 2.13. The molecule has 0 atom stereocenters. The second kappa shape index (κ2) is 6.42. The second-order valence-corrected chi connectivity index (χ2v) is 3.33. The van der Waals surface area contributed by atoms with E-state index in [1.165, 1.54) is 13.0 Å². The van der Waals surface area contributed by atoms with E-state index in [9.17, 15) is 23.7 Å². The Hall–Kier alpha value is -2.76. The Balaban J connectivity index is 3.42. The summed E-state index contributed by atoms with van der Waals surface area (Å²) in [5, 5.41) is 19.6. The highest BCUT2D eigenvalue weighted by atomic mass is 19.3. The van der Waals surface area contributed by atoms with E-state index in [0.29, 0.717) is 6.07 Å². The van der Waals surface area contributed by atoms with Crippen LogP contribution in [0.3, 0.4) is 0 Å². The summed E-state index contributed by atoms with van der Waals surface area (Å²) in [4.78, 5) is 21.4. The Morgan fingerprint density at radius 3 is 2.65 bits per heavy atom. The van der Waals surface area contributed by atoms with Gasteiger partial charge in [0.25, 0.3) is 5.69 Å². The molecule has 1 aromatic carbocycles. The maximum absolute atomic E-state index is 12.2. The van der Waals surface area contributed by atoms with Gasteiger partial charge in [-0.2, -0.15) is 14.0 Å². The van der Waals surface area contributed by atoms with Crippen LogP contribution in [-0.4, -0.2) is 24.1 Å². The minimum atomic E-state index is -3.25. The molecule has 0 heterocycles. The standard InChI is InChI=1S/C11H8F2N2O5/c1-2-19-10(16)7-3-6(5-14)9(20-11(12)13)4-8(7)15(17)18/h3-4,11H,2H2,1H3. The first-order chi connectivity index (χ1) is 9.40. The Morgan fingerprint density at radius 2 is 2.20 bits per heavy atom. The van der Waals surface area contributed by atoms with Crippen LogP contribution in [0.25, 0.3) is 0 Å². The molecule has 0 saturated heterocycles. The lowest BCUT2D eigenvalue weighted by Gasteiger charge is -2.08. The zero-order valence-electron chi connectivity index (χ0n) is 10.1. The van der Waals surface area contributed by atoms with Gasteiger partial charge in [-0.1, -0.05) is 0 Å². The highest BCUT2D eigenvalue weighted by Gasteiger charge is 2.26. The maximum atomic E-state index is 12.2. The fourth-order valence-corrected chi connectivity index (χ4v) is 1.37. The minimum Gasteiger partial charge on any atom is -0.462 e. The summed E-state index contributed by atoms with van der Waals surface area (Å²) >= 11 is 0. The smallest absolute Gasteiger partial charge is 0.387 e. The number of nitro benzene ring substituents is 1. The average Bonchev–Trinajstić information content (AvgIpc) is 2.37. The van der Waals surface area contributed by atoms with Crippen LogP contribution in [0.1, 0.15) is 22.8 Å². The fourth-order valence-electron chi connectivity index (χ4n) is 1.37. The van der Waals surface area contributed by atoms with Crippen LogP contribution in [0.15, 0.2) is 12.1 Å². The molecule has 0 spiro atoms. The van der Waals surface area contributed by atoms with Crippen molar-refractivity contribution in [1.82, 2.24) is 0 Å². The normalized spacial score (nSPS) is 9.95. The highest BCUT2D eigenvalue weighted by Crippen LogP contribution is 2.30. The van der Waals surface area contributed by atoms with Gasteiger partial charge in [-0.3, -0.25) is 10.1 Å². The van der Waals surface area contributed by atoms with Gasteiger partial charge >= 0.3 is 12.6 Å². The number of ether oxygens (including phenoxy) is 2. The average molecular weight is 286 g/mol. The van der Waals surface area contributed by atoms with Gasteiger partial charge in [-0.15, -0.1) is 0 Å². The van der Waals surface area contributed by atoms with Crippen molar-refractivity contribution in [3.05, 3.63) is 33.4 Å². The third kappa shape index (κ3) is 3.38. The highest BCUT2D eigenvalue weighted by molar-refractivity contribution is 5.94. The van der Waals surface area contributed by atoms with Crippen LogP contribution in [0, 0.1) is 21.4 Å². The molecule has 0 radical (unpaired) electrons. The molecular weight excluding hydrogens is 278 g/mol. The number of rotatable bonds is 5. The Kier molecular flexibility index (Phi) is 4.91. The predicted octanol–water partition coefficient (Wildman–Crippen LogP) is 2.24. The van der Waals surface area contributed by atoms with Crippen LogP contribution < -0.4 is 4.74 Å². The van der Waals surface area contributed by atoms with Crippen molar-refractivity contribution in [1.29, 1.82) is 5.26 Å². The predicted molar refractivity (Wildman–Crippen MR) is 60.4 cm³/mol. The van der Waals surface area contributed by atoms with Gasteiger partial charge in [0, 0.05) is 0 Å². The topological polar surface area (TPSA) is 102 Å². The van der Waals surface area contributed by atoms with E-state index < -0.39 is 40.1 Å². The lowest BCUT2D eigenvalue weighted by atomic mass is 10.1. The third-order valence-electron chi connectivity index (χ3n) is 2.13. The number of hydrogen-bond donors (Lipinski definition) is 0. The van der Waals surface area contributed by atoms with Crippen LogP contribution in [0.4, 0.5) is 14.5 Å². The first-order valence-electron chi connectivity index (χ1n) is 5.25. The van der Waals surface area contributed by atoms with E-state index in [-0.39, 0.29) is 6.61 Å². The van der Waals surface area contributed by atoms with Crippen LogP contribution >= 0.6 is 0 Å². The van der Waals surface area contributed by atoms with Crippen molar-refractivity contribution in [3.63, 3.8) is 0 Å². The molecule has 0 N–H and O–H groups in total. The monoisotopic (exact) mass is 286 g/mol. The molecule has 1 rings (SSSR count). The summed E-state index contributed by atoms with van der Waals surface area (Å²) in [5.74, 6) is -1.71. The zero-order valence-corrected chi connectivity index (χ0v) is 10.1. The molecule has 0 aliphatic rings. The van der Waals surface area contributed by atoms with E-state index >= 15 is 0 Å². The second-order valence-electron chi connectivity index (χ2n) is 3.33. The fraction of sp³-hybridized carbons (Fsp3) is 0.273. The molecule has 1 aromatic rings. The molecule has 0 fully saturated rings. The molecule has 0 amide bonds. The summed E-state index contributed by atoms with van der Waals surface area (Å²) in [5.41, 5.74) is -1.72. The molecule has 0 aliphatic heterocycles. The van der Waals surface area contributed by atoms with Crippen LogP contribution in [0.2, 0.25) is 0 Å². The summed E-state index contributed by atoms with van der Waals surface area (Å²) in [6.45, 7) is -1.80. The van der Waals surface area contributed by atoms with Crippen molar-refractivity contribution >= 4 is 11.7 Å². The lowest BCUT2D eigenvalue weighted by Crippen LogP contribution is -2.10. The molecule has 0 saturated carbocycles. The Morgan fingerprint density at radius 1 is 1.55 bits per heavy atom. The summed E-state index contributed by atoms with van der Waals surface area (Å²) < 4.78 is 32.9. The Labute approximate surface area is 111 Å². The summed E-state index contributed by atoms with van der Waals surface area (Å²) in [6.07, 6.45) is 0. The summed E-state index contributed by atoms with van der Waals surface area (Å²) in [7, 11) is 0. The van der Waals surface area contributed by atoms with E-state index in [0.717, 1.165) is 6.07 Å². The number of hydrogen-bond acceptors (Lipinski definition) is 6. The number of halogens is 2. The molecule has 106 valence electrons. The van der Waals surface area contributed by atoms with E-state index in [2.05, 4.69) is 9.47 Å². The number of nitrogens with zero attached hydrogens (tertiary/aromatic N) is 2. The quantitative estimate of drug-likeness (QED) is 0.467. The molecule has 7 nitrogen and oxygen atoms in total. The van der Waals surface area contributed by atoms with Gasteiger partial charge in [0.15, 0.2) is 5.75 Å². The van der Waals surface area contributed by atoms with Crippen molar-refractivity contribution in [3.8, 4) is 11.8 Å². The van der Waals surface area contributed by atoms with Crippen molar-refractivity contribution in [2.45, 2.75) is 13.5 Å². The van der Waals surface area contributed by atoms with Gasteiger partial charge in [0.05, 0.1) is 23.2 Å². The first-order valence-corrected chi connectivity index (χ1v) is 5.25. The number of nitro groups is 1. The van der Waals surface area contributed by atoms with E-state index in [1.807, 2.05) is 0 Å². The molecule has 0 aliphatic carbocycles. The van der Waals surface area contributed by atoms with Gasteiger partial charge in [0.1, 0.15) is 11.6 Å². The maximum Gasteiger partial charge on any atom is 0.387 e. The number of benzene rings is 1. The Bertz CT molecular complexity index is 583. The molecule has 0 bridgehead atoms.